The highest BCUT2D eigenvalue weighted by molar-refractivity contribution is 7.99. The number of hydrogen-bond donors (Lipinski definition) is 1. The zero-order valence-electron chi connectivity index (χ0n) is 14.4. The van der Waals surface area contributed by atoms with Crippen LogP contribution >= 0.6 is 23.1 Å². The van der Waals surface area contributed by atoms with E-state index in [-0.39, 0.29) is 16.8 Å². The van der Waals surface area contributed by atoms with Crippen LogP contribution in [-0.2, 0) is 20.6 Å². The highest BCUT2D eigenvalue weighted by atomic mass is 32.2. The normalized spacial score (nSPS) is 11.9. The van der Waals surface area contributed by atoms with Gasteiger partial charge in [-0.1, -0.05) is 6.07 Å². The average molecular weight is 399 g/mol. The van der Waals surface area contributed by atoms with Crippen LogP contribution in [0.4, 0.5) is 5.69 Å². The van der Waals surface area contributed by atoms with Crippen LogP contribution in [0.15, 0.2) is 46.7 Å². The first kappa shape index (κ1) is 20.0. The second-order valence-electron chi connectivity index (χ2n) is 5.76. The Morgan fingerprint density at radius 3 is 2.48 bits per heavy atom. The molecule has 1 N–H and O–H groups in total. The maximum absolute atomic E-state index is 12.4. The van der Waals surface area contributed by atoms with Gasteiger partial charge >= 0.3 is 0 Å². The van der Waals surface area contributed by atoms with Gasteiger partial charge in [0.15, 0.2) is 0 Å². The number of nitrogens with zero attached hydrogens (tertiary/aromatic N) is 1. The van der Waals surface area contributed by atoms with Gasteiger partial charge in [0.2, 0.25) is 15.9 Å². The number of nitrogens with one attached hydrogen (secondary N) is 1. The summed E-state index contributed by atoms with van der Waals surface area (Å²) in [6.45, 7) is 3.64. The lowest BCUT2D eigenvalue weighted by atomic mass is 10.3. The Morgan fingerprint density at radius 1 is 1.24 bits per heavy atom. The molecule has 1 heterocycles. The first-order valence-corrected chi connectivity index (χ1v) is 11.3. The Hall–Kier alpha value is -1.35. The van der Waals surface area contributed by atoms with E-state index in [1.54, 1.807) is 42.3 Å². The van der Waals surface area contributed by atoms with Crippen LogP contribution in [0.3, 0.4) is 0 Å². The summed E-state index contributed by atoms with van der Waals surface area (Å²) in [6.07, 6.45) is 0. The Labute approximate surface area is 157 Å². The van der Waals surface area contributed by atoms with Gasteiger partial charge in [-0.25, -0.2) is 8.42 Å². The number of benzene rings is 1. The van der Waals surface area contributed by atoms with E-state index in [0.29, 0.717) is 11.4 Å². The lowest BCUT2D eigenvalue weighted by Crippen LogP contribution is -2.33. The molecule has 0 spiro atoms. The highest BCUT2D eigenvalue weighted by Crippen LogP contribution is 2.20. The fourth-order valence-corrected chi connectivity index (χ4v) is 5.03. The quantitative estimate of drug-likeness (QED) is 0.737. The van der Waals surface area contributed by atoms with Crippen LogP contribution in [0.1, 0.15) is 18.7 Å². The lowest BCUT2D eigenvalue weighted by Gasteiger charge is -2.21. The summed E-state index contributed by atoms with van der Waals surface area (Å²) in [6, 6.07) is 10.2. The van der Waals surface area contributed by atoms with E-state index < -0.39 is 10.0 Å². The predicted octanol–water partition coefficient (Wildman–Crippen LogP) is 3.65. The molecule has 0 aliphatic rings. The zero-order valence-corrected chi connectivity index (χ0v) is 16.9. The van der Waals surface area contributed by atoms with Gasteiger partial charge in [-0.05, 0) is 49.6 Å². The number of hydrogen-bond acceptors (Lipinski definition) is 5. The molecule has 25 heavy (non-hydrogen) atoms. The Kier molecular flexibility index (Phi) is 7.06. The summed E-state index contributed by atoms with van der Waals surface area (Å²) in [5, 5.41) is 4.80. The van der Waals surface area contributed by atoms with Crippen molar-refractivity contribution in [3.63, 3.8) is 0 Å². The van der Waals surface area contributed by atoms with Crippen LogP contribution in [0.5, 0.6) is 0 Å². The molecule has 0 saturated heterocycles. The van der Waals surface area contributed by atoms with Gasteiger partial charge in [-0.2, -0.15) is 4.31 Å². The van der Waals surface area contributed by atoms with Crippen molar-refractivity contribution in [3.8, 4) is 0 Å². The number of thiophene rings is 1. The highest BCUT2D eigenvalue weighted by Gasteiger charge is 2.22. The summed E-state index contributed by atoms with van der Waals surface area (Å²) >= 11 is 3.22. The molecular weight excluding hydrogens is 376 g/mol. The molecule has 0 radical (unpaired) electrons. The van der Waals surface area contributed by atoms with E-state index in [2.05, 4.69) is 5.32 Å². The molecule has 0 aliphatic carbocycles. The van der Waals surface area contributed by atoms with Crippen molar-refractivity contribution < 1.29 is 13.2 Å². The van der Waals surface area contributed by atoms with Gasteiger partial charge in [0.05, 0.1) is 10.6 Å². The molecule has 1 aromatic carbocycles. The van der Waals surface area contributed by atoms with Gasteiger partial charge in [0.1, 0.15) is 0 Å². The maximum atomic E-state index is 12.4. The number of thioether (sulfide) groups is 1. The monoisotopic (exact) mass is 398 g/mol. The summed E-state index contributed by atoms with van der Waals surface area (Å²) in [7, 11) is -1.95. The van der Waals surface area contributed by atoms with E-state index in [0.717, 1.165) is 5.75 Å². The summed E-state index contributed by atoms with van der Waals surface area (Å²) in [5.74, 6) is 1.06. The molecule has 8 heteroatoms. The topological polar surface area (TPSA) is 66.5 Å². The van der Waals surface area contributed by atoms with Gasteiger partial charge in [-0.15, -0.1) is 23.1 Å². The minimum Gasteiger partial charge on any atom is -0.325 e. The van der Waals surface area contributed by atoms with Crippen LogP contribution in [0.25, 0.3) is 0 Å². The standard InChI is InChI=1S/C17H22N2O3S3/c1-13(2)19(3)25(21,22)16-8-6-14(7-9-16)18-17(20)12-23-11-15-5-4-10-24-15/h4-10,13H,11-12H2,1-3H3,(H,18,20). The average Bonchev–Trinajstić information content (AvgIpc) is 3.08. The van der Waals surface area contributed by atoms with E-state index >= 15 is 0 Å². The van der Waals surface area contributed by atoms with E-state index in [1.165, 1.54) is 21.3 Å². The molecule has 2 aromatic rings. The van der Waals surface area contributed by atoms with Gasteiger partial charge < -0.3 is 5.32 Å². The third kappa shape index (κ3) is 5.57. The van der Waals surface area contributed by atoms with Crippen molar-refractivity contribution in [1.82, 2.24) is 4.31 Å². The van der Waals surface area contributed by atoms with E-state index in [9.17, 15) is 13.2 Å². The fourth-order valence-electron chi connectivity index (χ4n) is 1.99. The minimum absolute atomic E-state index is 0.100. The first-order valence-electron chi connectivity index (χ1n) is 7.79. The maximum Gasteiger partial charge on any atom is 0.243 e. The molecule has 1 amide bonds. The molecular formula is C17H22N2O3S3. The molecule has 5 nitrogen and oxygen atoms in total. The van der Waals surface area contributed by atoms with Crippen molar-refractivity contribution >= 4 is 44.7 Å². The third-order valence-electron chi connectivity index (χ3n) is 3.60. The van der Waals surface area contributed by atoms with Crippen LogP contribution < -0.4 is 5.32 Å². The number of amides is 1. The van der Waals surface area contributed by atoms with Gasteiger partial charge in [0.25, 0.3) is 0 Å². The molecule has 0 unspecified atom stereocenters. The minimum atomic E-state index is -3.51. The summed E-state index contributed by atoms with van der Waals surface area (Å²) < 4.78 is 26.1. The van der Waals surface area contributed by atoms with Crippen molar-refractivity contribution in [3.05, 3.63) is 46.7 Å². The molecule has 0 aliphatic heterocycles. The SMILES string of the molecule is CC(C)N(C)S(=O)(=O)c1ccc(NC(=O)CSCc2cccs2)cc1. The summed E-state index contributed by atoms with van der Waals surface area (Å²) in [4.78, 5) is 13.4. The second-order valence-corrected chi connectivity index (χ2v) is 9.78. The van der Waals surface area contributed by atoms with Crippen molar-refractivity contribution in [1.29, 1.82) is 0 Å². The van der Waals surface area contributed by atoms with E-state index in [4.69, 9.17) is 0 Å². The third-order valence-corrected chi connectivity index (χ3v) is 7.69. The largest absolute Gasteiger partial charge is 0.325 e. The number of sulfonamides is 1. The Bertz CT molecular complexity index is 785. The second kappa shape index (κ2) is 8.84. The van der Waals surface area contributed by atoms with E-state index in [1.807, 2.05) is 31.4 Å². The van der Waals surface area contributed by atoms with Gasteiger partial charge in [-0.3, -0.25) is 4.79 Å². The predicted molar refractivity (Wildman–Crippen MR) is 106 cm³/mol. The molecule has 1 aromatic heterocycles. The van der Waals surface area contributed by atoms with Crippen molar-refractivity contribution in [2.75, 3.05) is 18.1 Å². The molecule has 0 atom stereocenters. The molecule has 136 valence electrons. The van der Waals surface area contributed by atoms with Crippen LogP contribution in [0, 0.1) is 0 Å². The molecule has 0 saturated carbocycles. The summed E-state index contributed by atoms with van der Waals surface area (Å²) in [5.41, 5.74) is 0.591. The molecule has 0 fully saturated rings. The number of rotatable bonds is 8. The lowest BCUT2D eigenvalue weighted by molar-refractivity contribution is -0.113. The first-order chi connectivity index (χ1) is 11.8. The van der Waals surface area contributed by atoms with Crippen LogP contribution in [0.2, 0.25) is 0 Å². The molecule has 0 bridgehead atoms. The Balaban J connectivity index is 1.90. The number of anilines is 1. The van der Waals surface area contributed by atoms with Crippen molar-refractivity contribution in [2.24, 2.45) is 0 Å². The Morgan fingerprint density at radius 2 is 1.92 bits per heavy atom. The zero-order chi connectivity index (χ0) is 18.4. The van der Waals surface area contributed by atoms with Crippen molar-refractivity contribution in [2.45, 2.75) is 30.5 Å². The number of carbonyl (C=O) groups is 1. The smallest absolute Gasteiger partial charge is 0.243 e. The van der Waals surface area contributed by atoms with Crippen LogP contribution in [-0.4, -0.2) is 37.5 Å². The molecule has 2 rings (SSSR count). The number of carbonyl (C=O) groups excluding carboxylic acids is 1. The van der Waals surface area contributed by atoms with Gasteiger partial charge in [0, 0.05) is 29.4 Å². The fraction of sp³-hybridized carbons (Fsp3) is 0.353.